The second kappa shape index (κ2) is 5.17. The lowest BCUT2D eigenvalue weighted by molar-refractivity contribution is -0.108. The molecule has 1 aliphatic rings. The molecule has 3 heteroatoms. The number of carbonyl (C=O) groups excluding carboxylic acids is 2. The van der Waals surface area contributed by atoms with Crippen LogP contribution in [0.2, 0.25) is 0 Å². The fourth-order valence-electron chi connectivity index (χ4n) is 2.63. The molecule has 1 aromatic rings. The van der Waals surface area contributed by atoms with Crippen LogP contribution in [-0.2, 0) is 4.79 Å². The summed E-state index contributed by atoms with van der Waals surface area (Å²) in [5, 5.41) is 2.59. The van der Waals surface area contributed by atoms with Gasteiger partial charge in [-0.3, -0.25) is 9.59 Å². The summed E-state index contributed by atoms with van der Waals surface area (Å²) >= 11 is 0. The van der Waals surface area contributed by atoms with Crippen molar-refractivity contribution in [1.82, 2.24) is 5.32 Å². The van der Waals surface area contributed by atoms with Crippen LogP contribution in [0.15, 0.2) is 30.0 Å². The monoisotopic (exact) mass is 243 g/mol. The number of rotatable bonds is 5. The third kappa shape index (κ3) is 1.86. The summed E-state index contributed by atoms with van der Waals surface area (Å²) in [4.78, 5) is 23.0. The molecule has 3 nitrogen and oxygen atoms in total. The second-order valence-corrected chi connectivity index (χ2v) is 4.44. The van der Waals surface area contributed by atoms with E-state index in [1.165, 1.54) is 0 Å². The van der Waals surface area contributed by atoms with Gasteiger partial charge in [-0.05, 0) is 29.9 Å². The average molecular weight is 243 g/mol. The van der Waals surface area contributed by atoms with E-state index in [1.807, 2.05) is 24.3 Å². The van der Waals surface area contributed by atoms with Gasteiger partial charge in [-0.1, -0.05) is 38.1 Å². The van der Waals surface area contributed by atoms with Gasteiger partial charge in [0, 0.05) is 5.56 Å². The highest BCUT2D eigenvalue weighted by atomic mass is 16.1. The molecule has 0 heterocycles. The Hall–Kier alpha value is -1.90. The zero-order valence-electron chi connectivity index (χ0n) is 10.7. The number of allylic oxidation sites excluding steroid dienone is 2. The van der Waals surface area contributed by atoms with Crippen molar-refractivity contribution >= 4 is 17.8 Å². The van der Waals surface area contributed by atoms with Gasteiger partial charge in [-0.25, -0.2) is 0 Å². The van der Waals surface area contributed by atoms with Crippen molar-refractivity contribution in [3.05, 3.63) is 41.1 Å². The highest BCUT2D eigenvalue weighted by Gasteiger charge is 2.32. The summed E-state index contributed by atoms with van der Waals surface area (Å²) in [5.74, 6) is 0.236. The molecule has 94 valence electrons. The van der Waals surface area contributed by atoms with Gasteiger partial charge in [-0.15, -0.1) is 0 Å². The third-order valence-corrected chi connectivity index (χ3v) is 3.56. The number of nitrogens with one attached hydrogen (secondary N) is 1. The smallest absolute Gasteiger partial charge is 0.211 e. The van der Waals surface area contributed by atoms with Crippen molar-refractivity contribution in [1.29, 1.82) is 0 Å². The minimum atomic E-state index is -0.0698. The summed E-state index contributed by atoms with van der Waals surface area (Å²) in [6.07, 6.45) is 2.50. The second-order valence-electron chi connectivity index (χ2n) is 4.44. The predicted molar refractivity (Wildman–Crippen MR) is 71.0 cm³/mol. The van der Waals surface area contributed by atoms with Crippen molar-refractivity contribution in [2.24, 2.45) is 5.92 Å². The van der Waals surface area contributed by atoms with Crippen molar-refractivity contribution < 1.29 is 9.59 Å². The normalized spacial score (nSPS) is 14.1. The molecule has 1 N–H and O–H groups in total. The van der Waals surface area contributed by atoms with E-state index in [4.69, 9.17) is 0 Å². The van der Waals surface area contributed by atoms with E-state index in [9.17, 15) is 9.59 Å². The first-order valence-electron chi connectivity index (χ1n) is 6.33. The van der Waals surface area contributed by atoms with Gasteiger partial charge in [0.15, 0.2) is 0 Å². The summed E-state index contributed by atoms with van der Waals surface area (Å²) in [7, 11) is 0. The lowest BCUT2D eigenvalue weighted by Crippen LogP contribution is -2.18. The number of amides is 1. The molecule has 0 unspecified atom stereocenters. The lowest BCUT2D eigenvalue weighted by atomic mass is 9.89. The van der Waals surface area contributed by atoms with Crippen LogP contribution in [0.4, 0.5) is 0 Å². The molecule has 0 saturated carbocycles. The molecule has 0 atom stereocenters. The van der Waals surface area contributed by atoms with Crippen LogP contribution < -0.4 is 5.32 Å². The maximum absolute atomic E-state index is 12.3. The summed E-state index contributed by atoms with van der Waals surface area (Å²) in [5.41, 5.74) is 3.12. The van der Waals surface area contributed by atoms with Crippen molar-refractivity contribution in [3.8, 4) is 0 Å². The zero-order chi connectivity index (χ0) is 13.1. The van der Waals surface area contributed by atoms with Crippen LogP contribution >= 0.6 is 0 Å². The lowest BCUT2D eigenvalue weighted by Gasteiger charge is -2.16. The molecule has 2 rings (SSSR count). The van der Waals surface area contributed by atoms with E-state index in [0.717, 1.165) is 24.0 Å². The number of carbonyl (C=O) groups is 2. The van der Waals surface area contributed by atoms with Gasteiger partial charge < -0.3 is 5.32 Å². The fraction of sp³-hybridized carbons (Fsp3) is 0.333. The topological polar surface area (TPSA) is 46.2 Å². The third-order valence-electron chi connectivity index (χ3n) is 3.56. The maximum atomic E-state index is 12.3. The molecule has 1 amide bonds. The molecule has 18 heavy (non-hydrogen) atoms. The Morgan fingerprint density at radius 2 is 1.78 bits per heavy atom. The Morgan fingerprint density at radius 1 is 1.17 bits per heavy atom. The molecule has 1 aliphatic carbocycles. The standard InChI is InChI=1S/C15H17NO2/c1-3-10(4-2)13-11-7-5-6-8-12(11)15(18)14(13)16-9-17/h5-10H,3-4H2,1-2H3,(H,16,17,18). The molecule has 1 aromatic carbocycles. The molecule has 0 aliphatic heterocycles. The van der Waals surface area contributed by atoms with Crippen LogP contribution in [0.25, 0.3) is 5.57 Å². The average Bonchev–Trinajstić information content (AvgIpc) is 2.67. The quantitative estimate of drug-likeness (QED) is 0.808. The zero-order valence-corrected chi connectivity index (χ0v) is 10.7. The fourth-order valence-corrected chi connectivity index (χ4v) is 2.63. The van der Waals surface area contributed by atoms with E-state index >= 15 is 0 Å². The van der Waals surface area contributed by atoms with Crippen LogP contribution in [0.1, 0.15) is 42.6 Å². The summed E-state index contributed by atoms with van der Waals surface area (Å²) in [6.45, 7) is 4.20. The molecule has 0 spiro atoms. The van der Waals surface area contributed by atoms with Gasteiger partial charge in [-0.2, -0.15) is 0 Å². The van der Waals surface area contributed by atoms with Crippen LogP contribution in [0.5, 0.6) is 0 Å². The Morgan fingerprint density at radius 3 is 2.33 bits per heavy atom. The van der Waals surface area contributed by atoms with Gasteiger partial charge in [0.1, 0.15) is 0 Å². The Labute approximate surface area is 107 Å². The number of hydrogen-bond acceptors (Lipinski definition) is 2. The van der Waals surface area contributed by atoms with E-state index in [2.05, 4.69) is 19.2 Å². The number of ketones is 1. The van der Waals surface area contributed by atoms with E-state index in [1.54, 1.807) is 0 Å². The Balaban J connectivity index is 2.59. The molecular formula is C15H17NO2. The van der Waals surface area contributed by atoms with Gasteiger partial charge in [0.05, 0.1) is 5.70 Å². The number of fused-ring (bicyclic) bond motifs is 1. The van der Waals surface area contributed by atoms with Crippen molar-refractivity contribution in [3.63, 3.8) is 0 Å². The maximum Gasteiger partial charge on any atom is 0.211 e. The number of benzene rings is 1. The van der Waals surface area contributed by atoms with E-state index in [-0.39, 0.29) is 5.78 Å². The number of hydrogen-bond donors (Lipinski definition) is 1. The molecule has 0 aromatic heterocycles. The molecule has 0 fully saturated rings. The first kappa shape index (κ1) is 12.6. The van der Waals surface area contributed by atoms with Crippen LogP contribution in [0, 0.1) is 5.92 Å². The SMILES string of the molecule is CCC(CC)C1=C(NC=O)C(=O)c2ccccc21. The van der Waals surface area contributed by atoms with Gasteiger partial charge in [0.25, 0.3) is 0 Å². The molecule has 0 bridgehead atoms. The Bertz CT molecular complexity index is 513. The Kier molecular flexibility index (Phi) is 3.60. The molecular weight excluding hydrogens is 226 g/mol. The minimum absolute atomic E-state index is 0.0698. The molecule has 0 saturated heterocycles. The van der Waals surface area contributed by atoms with Crippen LogP contribution in [-0.4, -0.2) is 12.2 Å². The summed E-state index contributed by atoms with van der Waals surface area (Å²) in [6, 6.07) is 7.56. The van der Waals surface area contributed by atoms with E-state index < -0.39 is 0 Å². The first-order valence-corrected chi connectivity index (χ1v) is 6.33. The van der Waals surface area contributed by atoms with Gasteiger partial charge >= 0.3 is 0 Å². The molecule has 0 radical (unpaired) electrons. The van der Waals surface area contributed by atoms with Crippen LogP contribution in [0.3, 0.4) is 0 Å². The number of Topliss-reactive ketones (excluding diaryl/α,β-unsaturated/α-hetero) is 1. The largest absolute Gasteiger partial charge is 0.325 e. The summed E-state index contributed by atoms with van der Waals surface area (Å²) < 4.78 is 0. The van der Waals surface area contributed by atoms with Crippen molar-refractivity contribution in [2.75, 3.05) is 0 Å². The van der Waals surface area contributed by atoms with Crippen molar-refractivity contribution in [2.45, 2.75) is 26.7 Å². The van der Waals surface area contributed by atoms with Gasteiger partial charge in [0.2, 0.25) is 12.2 Å². The highest BCUT2D eigenvalue weighted by molar-refractivity contribution is 6.21. The first-order chi connectivity index (χ1) is 8.74. The minimum Gasteiger partial charge on any atom is -0.325 e. The van der Waals surface area contributed by atoms with E-state index in [0.29, 0.717) is 23.6 Å². The predicted octanol–water partition coefficient (Wildman–Crippen LogP) is 2.78. The highest BCUT2D eigenvalue weighted by Crippen LogP contribution is 2.38.